The van der Waals surface area contributed by atoms with Crippen LogP contribution in [0.2, 0.25) is 5.02 Å². The number of hydrogen-bond acceptors (Lipinski definition) is 3. The molecule has 0 bridgehead atoms. The quantitative estimate of drug-likeness (QED) is 0.831. The number of anilines is 1. The van der Waals surface area contributed by atoms with Crippen LogP contribution in [0, 0.1) is 0 Å². The van der Waals surface area contributed by atoms with Crippen LogP contribution in [0.4, 0.5) is 5.69 Å². The Bertz CT molecular complexity index is 474. The van der Waals surface area contributed by atoms with Gasteiger partial charge in [-0.3, -0.25) is 4.98 Å². The van der Waals surface area contributed by atoms with Crippen molar-refractivity contribution in [1.82, 2.24) is 4.98 Å². The summed E-state index contributed by atoms with van der Waals surface area (Å²) in [4.78, 5) is 4.00. The van der Waals surface area contributed by atoms with E-state index in [1.54, 1.807) is 30.6 Å². The van der Waals surface area contributed by atoms with Crippen LogP contribution in [0.15, 0.2) is 42.7 Å². The van der Waals surface area contributed by atoms with Crippen molar-refractivity contribution in [3.8, 4) is 5.75 Å². The number of hydrogen-bond donors (Lipinski definition) is 1. The highest BCUT2D eigenvalue weighted by Gasteiger charge is 1.99. The minimum absolute atomic E-state index is 0.467. The summed E-state index contributed by atoms with van der Waals surface area (Å²) in [5.74, 6) is 0.700. The molecular weight excluding hydrogens is 224 g/mol. The Balaban J connectivity index is 2.03. The van der Waals surface area contributed by atoms with Gasteiger partial charge in [-0.15, -0.1) is 0 Å². The molecule has 0 spiro atoms. The molecule has 0 aliphatic rings. The molecule has 1 aromatic carbocycles. The molecule has 2 N–H and O–H groups in total. The van der Waals surface area contributed by atoms with Crippen molar-refractivity contribution < 1.29 is 4.74 Å². The number of halogens is 1. The zero-order valence-corrected chi connectivity index (χ0v) is 9.32. The van der Waals surface area contributed by atoms with Gasteiger partial charge >= 0.3 is 0 Å². The fourth-order valence-electron chi connectivity index (χ4n) is 1.26. The predicted octanol–water partition coefficient (Wildman–Crippen LogP) is 2.90. The normalized spacial score (nSPS) is 10.1. The van der Waals surface area contributed by atoms with E-state index in [0.29, 0.717) is 23.1 Å². The summed E-state index contributed by atoms with van der Waals surface area (Å²) in [6.45, 7) is 0.467. The molecule has 0 radical (unpaired) electrons. The number of aromatic nitrogens is 1. The van der Waals surface area contributed by atoms with Crippen LogP contribution in [0.3, 0.4) is 0 Å². The Morgan fingerprint density at radius 3 is 2.88 bits per heavy atom. The highest BCUT2D eigenvalue weighted by Crippen LogP contribution is 2.24. The lowest BCUT2D eigenvalue weighted by Crippen LogP contribution is -1.96. The summed E-state index contributed by atoms with van der Waals surface area (Å²) in [7, 11) is 0. The van der Waals surface area contributed by atoms with Crippen LogP contribution in [0.25, 0.3) is 0 Å². The molecule has 82 valence electrons. The number of rotatable bonds is 3. The predicted molar refractivity (Wildman–Crippen MR) is 64.4 cm³/mol. The molecule has 2 aromatic rings. The van der Waals surface area contributed by atoms with Crippen molar-refractivity contribution in [2.24, 2.45) is 0 Å². The molecule has 0 fully saturated rings. The summed E-state index contributed by atoms with van der Waals surface area (Å²) in [6.07, 6.45) is 3.49. The van der Waals surface area contributed by atoms with Gasteiger partial charge in [0.1, 0.15) is 12.4 Å². The van der Waals surface area contributed by atoms with Crippen LogP contribution in [0.5, 0.6) is 5.75 Å². The van der Waals surface area contributed by atoms with Gasteiger partial charge in [-0.25, -0.2) is 0 Å². The second-order valence-electron chi connectivity index (χ2n) is 3.33. The van der Waals surface area contributed by atoms with E-state index in [2.05, 4.69) is 4.98 Å². The monoisotopic (exact) mass is 234 g/mol. The van der Waals surface area contributed by atoms with Crippen LogP contribution in [-0.4, -0.2) is 4.98 Å². The van der Waals surface area contributed by atoms with Gasteiger partial charge in [-0.2, -0.15) is 0 Å². The van der Waals surface area contributed by atoms with Crippen molar-refractivity contribution in [1.29, 1.82) is 0 Å². The summed E-state index contributed by atoms with van der Waals surface area (Å²) < 4.78 is 5.55. The largest absolute Gasteiger partial charge is 0.489 e. The zero-order valence-electron chi connectivity index (χ0n) is 8.56. The average Bonchev–Trinajstić information content (AvgIpc) is 2.32. The van der Waals surface area contributed by atoms with Crippen molar-refractivity contribution in [3.63, 3.8) is 0 Å². The number of nitrogen functional groups attached to an aromatic ring is 1. The van der Waals surface area contributed by atoms with Gasteiger partial charge in [0.15, 0.2) is 0 Å². The lowest BCUT2D eigenvalue weighted by atomic mass is 10.3. The van der Waals surface area contributed by atoms with Crippen molar-refractivity contribution in [2.75, 3.05) is 5.73 Å². The SMILES string of the molecule is Nc1cc(OCc2cccnc2)ccc1Cl. The Kier molecular flexibility index (Phi) is 3.27. The Morgan fingerprint density at radius 1 is 1.31 bits per heavy atom. The second kappa shape index (κ2) is 4.86. The third-order valence-corrected chi connectivity index (χ3v) is 2.44. The number of ether oxygens (including phenoxy) is 1. The molecule has 0 aliphatic carbocycles. The molecule has 4 heteroatoms. The van der Waals surface area contributed by atoms with E-state index in [9.17, 15) is 0 Å². The number of pyridine rings is 1. The van der Waals surface area contributed by atoms with E-state index in [1.165, 1.54) is 0 Å². The highest BCUT2D eigenvalue weighted by atomic mass is 35.5. The van der Waals surface area contributed by atoms with Crippen LogP contribution >= 0.6 is 11.6 Å². The first-order valence-electron chi connectivity index (χ1n) is 4.82. The second-order valence-corrected chi connectivity index (χ2v) is 3.74. The molecule has 0 saturated heterocycles. The molecule has 0 saturated carbocycles. The minimum atomic E-state index is 0.467. The third-order valence-electron chi connectivity index (χ3n) is 2.10. The third kappa shape index (κ3) is 2.64. The molecule has 1 heterocycles. The first-order chi connectivity index (χ1) is 7.75. The zero-order chi connectivity index (χ0) is 11.4. The topological polar surface area (TPSA) is 48.1 Å². The molecule has 16 heavy (non-hydrogen) atoms. The van der Waals surface area contributed by atoms with Gasteiger partial charge in [0.2, 0.25) is 0 Å². The minimum Gasteiger partial charge on any atom is -0.489 e. The van der Waals surface area contributed by atoms with Crippen molar-refractivity contribution in [2.45, 2.75) is 6.61 Å². The Morgan fingerprint density at radius 2 is 2.19 bits per heavy atom. The molecule has 0 aliphatic heterocycles. The Labute approximate surface area is 98.8 Å². The molecule has 0 unspecified atom stereocenters. The molecular formula is C12H11ClN2O. The summed E-state index contributed by atoms with van der Waals surface area (Å²) in [6, 6.07) is 9.03. The summed E-state index contributed by atoms with van der Waals surface area (Å²) in [5, 5.41) is 0.536. The molecule has 3 nitrogen and oxygen atoms in total. The fourth-order valence-corrected chi connectivity index (χ4v) is 1.38. The van der Waals surface area contributed by atoms with Gasteiger partial charge in [-0.1, -0.05) is 17.7 Å². The van der Waals surface area contributed by atoms with E-state index in [0.717, 1.165) is 5.56 Å². The first-order valence-corrected chi connectivity index (χ1v) is 5.20. The maximum Gasteiger partial charge on any atom is 0.121 e. The maximum absolute atomic E-state index is 5.81. The van der Waals surface area contributed by atoms with Gasteiger partial charge in [0.25, 0.3) is 0 Å². The van der Waals surface area contributed by atoms with Gasteiger partial charge in [0, 0.05) is 24.0 Å². The van der Waals surface area contributed by atoms with Gasteiger partial charge < -0.3 is 10.5 Å². The number of benzene rings is 1. The average molecular weight is 235 g/mol. The van der Waals surface area contributed by atoms with Crippen LogP contribution in [0.1, 0.15) is 5.56 Å². The van der Waals surface area contributed by atoms with E-state index in [1.807, 2.05) is 12.1 Å². The molecule has 2 rings (SSSR count). The van der Waals surface area contributed by atoms with Crippen LogP contribution in [-0.2, 0) is 6.61 Å². The summed E-state index contributed by atoms with van der Waals surface area (Å²) in [5.41, 5.74) is 7.19. The standard InChI is InChI=1S/C12H11ClN2O/c13-11-4-3-10(6-12(11)14)16-8-9-2-1-5-15-7-9/h1-7H,8,14H2. The molecule has 0 atom stereocenters. The highest BCUT2D eigenvalue weighted by molar-refractivity contribution is 6.33. The lowest BCUT2D eigenvalue weighted by Gasteiger charge is -2.07. The van der Waals surface area contributed by atoms with Crippen LogP contribution < -0.4 is 10.5 Å². The molecule has 1 aromatic heterocycles. The van der Waals surface area contributed by atoms with E-state index in [-0.39, 0.29) is 0 Å². The smallest absolute Gasteiger partial charge is 0.121 e. The van der Waals surface area contributed by atoms with E-state index < -0.39 is 0 Å². The Hall–Kier alpha value is -1.74. The maximum atomic E-state index is 5.81. The summed E-state index contributed by atoms with van der Waals surface area (Å²) >= 11 is 5.81. The first kappa shape index (κ1) is 10.8. The fraction of sp³-hybridized carbons (Fsp3) is 0.0833. The van der Waals surface area contributed by atoms with E-state index in [4.69, 9.17) is 22.1 Å². The van der Waals surface area contributed by atoms with Gasteiger partial charge in [-0.05, 0) is 18.2 Å². The van der Waals surface area contributed by atoms with Gasteiger partial charge in [0.05, 0.1) is 10.7 Å². The van der Waals surface area contributed by atoms with Crippen molar-refractivity contribution in [3.05, 3.63) is 53.3 Å². The van der Waals surface area contributed by atoms with E-state index >= 15 is 0 Å². The molecule has 0 amide bonds. The number of nitrogens with zero attached hydrogens (tertiary/aromatic N) is 1. The number of nitrogens with two attached hydrogens (primary N) is 1. The van der Waals surface area contributed by atoms with Crippen molar-refractivity contribution >= 4 is 17.3 Å². The lowest BCUT2D eigenvalue weighted by molar-refractivity contribution is 0.306.